The van der Waals surface area contributed by atoms with E-state index in [1.165, 1.54) is 12.8 Å². The zero-order chi connectivity index (χ0) is 17.0. The SMILES string of the molecule is O=C(c1ccncc1)N1C2CCC1Cn1c(nn(CC3CC3)c1=O)C2. The first kappa shape index (κ1) is 14.9. The van der Waals surface area contributed by atoms with E-state index in [9.17, 15) is 9.59 Å². The van der Waals surface area contributed by atoms with Crippen LogP contribution in [0, 0.1) is 5.92 Å². The quantitative estimate of drug-likeness (QED) is 0.839. The van der Waals surface area contributed by atoms with Crippen molar-refractivity contribution in [3.8, 4) is 0 Å². The number of hydrogen-bond donors (Lipinski definition) is 0. The fourth-order valence-corrected chi connectivity index (χ4v) is 4.22. The van der Waals surface area contributed by atoms with Crippen LogP contribution >= 0.6 is 0 Å². The van der Waals surface area contributed by atoms with Crippen LogP contribution in [0.15, 0.2) is 29.3 Å². The lowest BCUT2D eigenvalue weighted by molar-refractivity contribution is 0.0664. The highest BCUT2D eigenvalue weighted by Gasteiger charge is 2.41. The molecule has 2 fully saturated rings. The average molecular weight is 339 g/mol. The monoisotopic (exact) mass is 339 g/mol. The minimum atomic E-state index is -0.00856. The smallest absolute Gasteiger partial charge is 0.330 e. The summed E-state index contributed by atoms with van der Waals surface area (Å²) in [7, 11) is 0. The molecule has 2 aromatic heterocycles. The van der Waals surface area contributed by atoms with Gasteiger partial charge in [-0.2, -0.15) is 5.10 Å². The maximum absolute atomic E-state index is 13.0. The number of rotatable bonds is 3. The van der Waals surface area contributed by atoms with Crippen molar-refractivity contribution in [2.24, 2.45) is 5.92 Å². The first-order valence-corrected chi connectivity index (χ1v) is 9.10. The molecule has 7 nitrogen and oxygen atoms in total. The zero-order valence-electron chi connectivity index (χ0n) is 14.0. The molecule has 3 aliphatic rings. The molecule has 0 aromatic carbocycles. The van der Waals surface area contributed by atoms with Crippen molar-refractivity contribution < 1.29 is 4.79 Å². The van der Waals surface area contributed by atoms with Crippen molar-refractivity contribution in [2.75, 3.05) is 0 Å². The Bertz CT molecular complexity index is 867. The molecule has 7 heteroatoms. The Balaban J connectivity index is 1.45. The van der Waals surface area contributed by atoms with Crippen LogP contribution in [0.1, 0.15) is 41.9 Å². The van der Waals surface area contributed by atoms with Gasteiger partial charge < -0.3 is 4.90 Å². The van der Waals surface area contributed by atoms with E-state index in [0.717, 1.165) is 25.2 Å². The van der Waals surface area contributed by atoms with Gasteiger partial charge in [-0.1, -0.05) is 0 Å². The molecular weight excluding hydrogens is 318 g/mol. The van der Waals surface area contributed by atoms with Crippen molar-refractivity contribution in [1.29, 1.82) is 0 Å². The Morgan fingerprint density at radius 1 is 1.12 bits per heavy atom. The predicted molar refractivity (Wildman–Crippen MR) is 90.1 cm³/mol. The number of aromatic nitrogens is 4. The van der Waals surface area contributed by atoms with E-state index in [4.69, 9.17) is 0 Å². The van der Waals surface area contributed by atoms with Gasteiger partial charge in [-0.05, 0) is 43.7 Å². The van der Waals surface area contributed by atoms with E-state index in [1.54, 1.807) is 33.8 Å². The third-order valence-electron chi connectivity index (χ3n) is 5.72. The number of fused-ring (bicyclic) bond motifs is 3. The molecular formula is C18H21N5O2. The molecule has 25 heavy (non-hydrogen) atoms. The molecule has 1 aliphatic carbocycles. The molecule has 2 aliphatic heterocycles. The maximum atomic E-state index is 13.0. The molecule has 0 N–H and O–H groups in total. The van der Waals surface area contributed by atoms with Gasteiger partial charge in [0.1, 0.15) is 5.82 Å². The standard InChI is InChI=1S/C18H21N5O2/c24-17(13-5-7-19-8-6-13)23-14-3-4-15(23)11-21-16(9-14)20-22(18(21)25)10-12-1-2-12/h5-8,12,14-15H,1-4,9-11H2. The molecule has 0 spiro atoms. The van der Waals surface area contributed by atoms with Crippen molar-refractivity contribution >= 4 is 5.91 Å². The molecule has 130 valence electrons. The highest BCUT2D eigenvalue weighted by atomic mass is 16.2. The predicted octanol–water partition coefficient (Wildman–Crippen LogP) is 1.08. The highest BCUT2D eigenvalue weighted by Crippen LogP contribution is 2.33. The number of nitrogens with zero attached hydrogens (tertiary/aromatic N) is 5. The Morgan fingerprint density at radius 2 is 1.88 bits per heavy atom. The lowest BCUT2D eigenvalue weighted by atomic mass is 10.1. The van der Waals surface area contributed by atoms with E-state index < -0.39 is 0 Å². The number of amides is 1. The zero-order valence-corrected chi connectivity index (χ0v) is 14.0. The van der Waals surface area contributed by atoms with E-state index >= 15 is 0 Å². The van der Waals surface area contributed by atoms with Crippen LogP contribution in [0.25, 0.3) is 0 Å². The molecule has 2 aromatic rings. The first-order chi connectivity index (χ1) is 12.2. The fraction of sp³-hybridized carbons (Fsp3) is 0.556. The lowest BCUT2D eigenvalue weighted by Crippen LogP contribution is -2.43. The first-order valence-electron chi connectivity index (χ1n) is 9.10. The molecule has 1 saturated heterocycles. The Morgan fingerprint density at radius 3 is 2.64 bits per heavy atom. The number of pyridine rings is 1. The summed E-state index contributed by atoms with van der Waals surface area (Å²) >= 11 is 0. The van der Waals surface area contributed by atoms with Gasteiger partial charge in [-0.3, -0.25) is 14.3 Å². The molecule has 2 unspecified atom stereocenters. The van der Waals surface area contributed by atoms with Gasteiger partial charge in [0.05, 0.1) is 6.04 Å². The Hall–Kier alpha value is -2.44. The summed E-state index contributed by atoms with van der Waals surface area (Å²) in [6, 6.07) is 3.72. The minimum Gasteiger partial charge on any atom is -0.330 e. The van der Waals surface area contributed by atoms with Crippen LogP contribution in [0.3, 0.4) is 0 Å². The van der Waals surface area contributed by atoms with Crippen LogP contribution in [-0.4, -0.2) is 42.2 Å². The molecule has 2 atom stereocenters. The van der Waals surface area contributed by atoms with Gasteiger partial charge in [-0.25, -0.2) is 9.48 Å². The van der Waals surface area contributed by atoms with Gasteiger partial charge >= 0.3 is 5.69 Å². The second-order valence-electron chi connectivity index (χ2n) is 7.47. The summed E-state index contributed by atoms with van der Waals surface area (Å²) < 4.78 is 3.45. The van der Waals surface area contributed by atoms with E-state index in [-0.39, 0.29) is 23.7 Å². The second-order valence-corrected chi connectivity index (χ2v) is 7.47. The molecule has 1 saturated carbocycles. The second kappa shape index (κ2) is 5.54. The van der Waals surface area contributed by atoms with Crippen molar-refractivity contribution in [3.05, 3.63) is 46.4 Å². The summed E-state index contributed by atoms with van der Waals surface area (Å²) in [6.45, 7) is 1.31. The number of carbonyl (C=O) groups is 1. The van der Waals surface area contributed by atoms with Gasteiger partial charge in [0.25, 0.3) is 5.91 Å². The molecule has 0 radical (unpaired) electrons. The third kappa shape index (κ3) is 2.49. The fourth-order valence-electron chi connectivity index (χ4n) is 4.22. The van der Waals surface area contributed by atoms with Gasteiger partial charge in [0, 0.05) is 43.5 Å². The third-order valence-corrected chi connectivity index (χ3v) is 5.72. The van der Waals surface area contributed by atoms with Crippen molar-refractivity contribution in [1.82, 2.24) is 24.2 Å². The summed E-state index contributed by atoms with van der Waals surface area (Å²) in [4.78, 5) is 31.7. The summed E-state index contributed by atoms with van der Waals surface area (Å²) in [6.07, 6.45) is 8.29. The van der Waals surface area contributed by atoms with Crippen LogP contribution in [0.4, 0.5) is 0 Å². The highest BCUT2D eigenvalue weighted by molar-refractivity contribution is 5.94. The molecule has 4 heterocycles. The summed E-state index contributed by atoms with van der Waals surface area (Å²) in [5.74, 6) is 1.50. The average Bonchev–Trinajstić information content (AvgIpc) is 3.32. The van der Waals surface area contributed by atoms with Crippen LogP contribution in [0.2, 0.25) is 0 Å². The van der Waals surface area contributed by atoms with Crippen molar-refractivity contribution in [3.63, 3.8) is 0 Å². The normalized spacial score (nSPS) is 24.9. The topological polar surface area (TPSA) is 73.0 Å². The molecule has 5 rings (SSSR count). The number of carbonyl (C=O) groups excluding carboxylic acids is 1. The molecule has 2 bridgehead atoms. The maximum Gasteiger partial charge on any atom is 0.345 e. The van der Waals surface area contributed by atoms with Crippen LogP contribution in [-0.2, 0) is 19.5 Å². The largest absolute Gasteiger partial charge is 0.345 e. The van der Waals surface area contributed by atoms with Crippen LogP contribution < -0.4 is 5.69 Å². The molecule has 1 amide bonds. The summed E-state index contributed by atoms with van der Waals surface area (Å²) in [5, 5.41) is 4.59. The van der Waals surface area contributed by atoms with E-state index in [2.05, 4.69) is 10.1 Å². The lowest BCUT2D eigenvalue weighted by Gasteiger charge is -2.28. The Labute approximate surface area is 145 Å². The summed E-state index contributed by atoms with van der Waals surface area (Å²) in [5.41, 5.74) is 0.656. The van der Waals surface area contributed by atoms with Gasteiger partial charge in [0.15, 0.2) is 0 Å². The van der Waals surface area contributed by atoms with Crippen LogP contribution in [0.5, 0.6) is 0 Å². The Kier molecular flexibility index (Phi) is 3.29. The van der Waals surface area contributed by atoms with E-state index in [0.29, 0.717) is 24.4 Å². The van der Waals surface area contributed by atoms with Crippen molar-refractivity contribution in [2.45, 2.75) is 57.3 Å². The number of hydrogen-bond acceptors (Lipinski definition) is 4. The van der Waals surface area contributed by atoms with E-state index in [1.807, 2.05) is 4.90 Å². The minimum absolute atomic E-state index is 0.00856. The van der Waals surface area contributed by atoms with Gasteiger partial charge in [0.2, 0.25) is 0 Å². The van der Waals surface area contributed by atoms with Gasteiger partial charge in [-0.15, -0.1) is 0 Å².